The van der Waals surface area contributed by atoms with Gasteiger partial charge in [-0.15, -0.1) is 0 Å². The topological polar surface area (TPSA) is 76.7 Å². The van der Waals surface area contributed by atoms with Gasteiger partial charge in [0.05, 0.1) is 13.2 Å². The number of carbonyl (C=O) groups is 2. The van der Waals surface area contributed by atoms with Crippen molar-refractivity contribution in [3.63, 3.8) is 0 Å². The normalized spacial score (nSPS) is 17.9. The lowest BCUT2D eigenvalue weighted by Crippen LogP contribution is -2.37. The van der Waals surface area contributed by atoms with Crippen molar-refractivity contribution in [3.05, 3.63) is 35.9 Å². The zero-order chi connectivity index (χ0) is 17.9. The van der Waals surface area contributed by atoms with E-state index in [4.69, 9.17) is 9.47 Å². The Morgan fingerprint density at radius 3 is 2.84 bits per heavy atom. The molecule has 2 atom stereocenters. The maximum Gasteiger partial charge on any atom is 0.251 e. The van der Waals surface area contributed by atoms with E-state index in [0.717, 1.165) is 32.7 Å². The summed E-state index contributed by atoms with van der Waals surface area (Å²) >= 11 is 0. The van der Waals surface area contributed by atoms with Gasteiger partial charge in [-0.2, -0.15) is 0 Å². The first-order valence-electron chi connectivity index (χ1n) is 8.93. The molecule has 1 heterocycles. The summed E-state index contributed by atoms with van der Waals surface area (Å²) in [6.07, 6.45) is 2.12. The predicted octanol–water partition coefficient (Wildman–Crippen LogP) is 1.75. The summed E-state index contributed by atoms with van der Waals surface area (Å²) in [5, 5.41) is 5.69. The molecule has 0 saturated carbocycles. The van der Waals surface area contributed by atoms with E-state index in [9.17, 15) is 9.59 Å². The van der Waals surface area contributed by atoms with Gasteiger partial charge in [0, 0.05) is 43.7 Å². The Kier molecular flexibility index (Phi) is 8.42. The van der Waals surface area contributed by atoms with Gasteiger partial charge in [0.1, 0.15) is 0 Å². The van der Waals surface area contributed by atoms with Crippen molar-refractivity contribution in [2.75, 3.05) is 33.0 Å². The molecule has 1 aliphatic heterocycles. The molecule has 0 aliphatic carbocycles. The highest BCUT2D eigenvalue weighted by Gasteiger charge is 2.15. The third kappa shape index (κ3) is 7.67. The number of ether oxygens (including phenoxy) is 2. The number of carbonyl (C=O) groups excluding carboxylic acids is 2. The quantitative estimate of drug-likeness (QED) is 0.632. The summed E-state index contributed by atoms with van der Waals surface area (Å²) in [6, 6.07) is 8.77. The average Bonchev–Trinajstić information content (AvgIpc) is 3.12. The number of amides is 2. The molecule has 2 amide bonds. The summed E-state index contributed by atoms with van der Waals surface area (Å²) in [6.45, 7) is 5.41. The van der Waals surface area contributed by atoms with Gasteiger partial charge in [-0.1, -0.05) is 18.2 Å². The van der Waals surface area contributed by atoms with Crippen molar-refractivity contribution in [3.8, 4) is 0 Å². The first kappa shape index (κ1) is 19.4. The molecule has 138 valence electrons. The Bertz CT molecular complexity index is 529. The van der Waals surface area contributed by atoms with Gasteiger partial charge in [0.2, 0.25) is 5.91 Å². The van der Waals surface area contributed by atoms with Gasteiger partial charge in [-0.25, -0.2) is 0 Å². The van der Waals surface area contributed by atoms with Crippen LogP contribution < -0.4 is 10.6 Å². The smallest absolute Gasteiger partial charge is 0.251 e. The monoisotopic (exact) mass is 348 g/mol. The summed E-state index contributed by atoms with van der Waals surface area (Å²) in [7, 11) is 0. The zero-order valence-electron chi connectivity index (χ0n) is 14.8. The Balaban J connectivity index is 1.51. The van der Waals surface area contributed by atoms with E-state index in [1.165, 1.54) is 0 Å². The minimum absolute atomic E-state index is 0.0648. The van der Waals surface area contributed by atoms with E-state index in [1.54, 1.807) is 12.1 Å². The van der Waals surface area contributed by atoms with E-state index < -0.39 is 0 Å². The van der Waals surface area contributed by atoms with Crippen molar-refractivity contribution in [1.82, 2.24) is 10.6 Å². The van der Waals surface area contributed by atoms with Crippen LogP contribution in [-0.4, -0.2) is 50.8 Å². The highest BCUT2D eigenvalue weighted by atomic mass is 16.5. The molecule has 1 aromatic carbocycles. The van der Waals surface area contributed by atoms with Crippen molar-refractivity contribution < 1.29 is 19.1 Å². The van der Waals surface area contributed by atoms with Crippen LogP contribution in [-0.2, 0) is 14.3 Å². The Morgan fingerprint density at radius 1 is 1.32 bits per heavy atom. The molecule has 2 N–H and O–H groups in total. The van der Waals surface area contributed by atoms with Crippen LogP contribution in [0.5, 0.6) is 0 Å². The van der Waals surface area contributed by atoms with Crippen LogP contribution in [0.25, 0.3) is 0 Å². The molecule has 1 saturated heterocycles. The van der Waals surface area contributed by atoms with Gasteiger partial charge in [0.15, 0.2) is 0 Å². The number of hydrogen-bond donors (Lipinski definition) is 2. The van der Waals surface area contributed by atoms with Gasteiger partial charge in [-0.3, -0.25) is 9.59 Å². The maximum absolute atomic E-state index is 12.0. The van der Waals surface area contributed by atoms with Crippen molar-refractivity contribution in [1.29, 1.82) is 0 Å². The third-order valence-electron chi connectivity index (χ3n) is 4.07. The molecule has 2 rings (SSSR count). The molecule has 25 heavy (non-hydrogen) atoms. The summed E-state index contributed by atoms with van der Waals surface area (Å²) in [5.74, 6) is 0.291. The Hall–Kier alpha value is -1.92. The molecule has 6 nitrogen and oxygen atoms in total. The lowest BCUT2D eigenvalue weighted by Gasteiger charge is -2.14. The number of benzene rings is 1. The molecule has 6 heteroatoms. The van der Waals surface area contributed by atoms with Crippen LogP contribution in [0.4, 0.5) is 0 Å². The molecular weight excluding hydrogens is 320 g/mol. The molecule has 0 bridgehead atoms. The fourth-order valence-electron chi connectivity index (χ4n) is 2.66. The molecule has 0 spiro atoms. The fraction of sp³-hybridized carbons (Fsp3) is 0.579. The molecule has 0 radical (unpaired) electrons. The highest BCUT2D eigenvalue weighted by molar-refractivity contribution is 5.94. The minimum Gasteiger partial charge on any atom is -0.381 e. The maximum atomic E-state index is 12.0. The van der Waals surface area contributed by atoms with Crippen molar-refractivity contribution in [2.45, 2.75) is 32.2 Å². The van der Waals surface area contributed by atoms with Gasteiger partial charge < -0.3 is 20.1 Å². The van der Waals surface area contributed by atoms with E-state index >= 15 is 0 Å². The second-order valence-electron chi connectivity index (χ2n) is 6.45. The largest absolute Gasteiger partial charge is 0.381 e. The van der Waals surface area contributed by atoms with Crippen LogP contribution in [0, 0.1) is 5.92 Å². The van der Waals surface area contributed by atoms with Gasteiger partial charge >= 0.3 is 0 Å². The van der Waals surface area contributed by atoms with Crippen LogP contribution >= 0.6 is 0 Å². The van der Waals surface area contributed by atoms with Crippen LogP contribution in [0.1, 0.15) is 36.5 Å². The van der Waals surface area contributed by atoms with Crippen LogP contribution in [0.15, 0.2) is 30.3 Å². The molecule has 1 aliphatic rings. The molecule has 1 fully saturated rings. The fourth-order valence-corrected chi connectivity index (χ4v) is 2.66. The van der Waals surface area contributed by atoms with Crippen LogP contribution in [0.2, 0.25) is 0 Å². The van der Waals surface area contributed by atoms with Gasteiger partial charge in [0.25, 0.3) is 5.91 Å². The molecule has 1 aromatic rings. The summed E-state index contributed by atoms with van der Waals surface area (Å²) < 4.78 is 10.9. The SMILES string of the molecule is CC(CC(=O)NCCCOCC1CCOC1)NC(=O)c1ccccc1. The number of hydrogen-bond acceptors (Lipinski definition) is 4. The Labute approximate surface area is 149 Å². The Morgan fingerprint density at radius 2 is 2.12 bits per heavy atom. The van der Waals surface area contributed by atoms with Crippen molar-refractivity contribution in [2.24, 2.45) is 5.92 Å². The standard InChI is InChI=1S/C19H28N2O4/c1-15(21-19(23)17-6-3-2-4-7-17)12-18(22)20-9-5-10-24-13-16-8-11-25-14-16/h2-4,6-7,15-16H,5,8-14H2,1H3,(H,20,22)(H,21,23). The lowest BCUT2D eigenvalue weighted by molar-refractivity contribution is -0.121. The first-order chi connectivity index (χ1) is 12.1. The number of rotatable bonds is 10. The number of nitrogens with one attached hydrogen (secondary N) is 2. The summed E-state index contributed by atoms with van der Waals surface area (Å²) in [5.41, 5.74) is 0.597. The van der Waals surface area contributed by atoms with Crippen LogP contribution in [0.3, 0.4) is 0 Å². The van der Waals surface area contributed by atoms with E-state index in [1.807, 2.05) is 25.1 Å². The molecule has 2 unspecified atom stereocenters. The molecule has 0 aromatic heterocycles. The van der Waals surface area contributed by atoms with E-state index in [2.05, 4.69) is 10.6 Å². The lowest BCUT2D eigenvalue weighted by atomic mass is 10.1. The van der Waals surface area contributed by atoms with E-state index in [-0.39, 0.29) is 24.3 Å². The summed E-state index contributed by atoms with van der Waals surface area (Å²) in [4.78, 5) is 23.9. The second-order valence-corrected chi connectivity index (χ2v) is 6.45. The highest BCUT2D eigenvalue weighted by Crippen LogP contribution is 2.12. The van der Waals surface area contributed by atoms with Crippen molar-refractivity contribution >= 4 is 11.8 Å². The second kappa shape index (κ2) is 10.8. The van der Waals surface area contributed by atoms with E-state index in [0.29, 0.717) is 24.6 Å². The molecular formula is C19H28N2O4. The third-order valence-corrected chi connectivity index (χ3v) is 4.07. The minimum atomic E-state index is -0.216. The first-order valence-corrected chi connectivity index (χ1v) is 8.93. The zero-order valence-corrected chi connectivity index (χ0v) is 14.8. The van der Waals surface area contributed by atoms with Gasteiger partial charge in [-0.05, 0) is 31.9 Å². The average molecular weight is 348 g/mol. The predicted molar refractivity (Wildman–Crippen MR) is 95.4 cm³/mol.